The van der Waals surface area contributed by atoms with Gasteiger partial charge in [0.25, 0.3) is 5.91 Å². The van der Waals surface area contributed by atoms with Gasteiger partial charge in [0.15, 0.2) is 0 Å². The van der Waals surface area contributed by atoms with Crippen molar-refractivity contribution in [2.24, 2.45) is 0 Å². The van der Waals surface area contributed by atoms with Crippen LogP contribution in [0.15, 0.2) is 34.7 Å². The SMILES string of the molecule is Cc1cc(C(=O)N2CCC[C@@H](c3nc4ccccc4s3)C2)c(C)o1. The molecule has 0 radical (unpaired) electrons. The lowest BCUT2D eigenvalue weighted by atomic mass is 9.98. The van der Waals surface area contributed by atoms with Gasteiger partial charge in [-0.15, -0.1) is 11.3 Å². The van der Waals surface area contributed by atoms with Crippen molar-refractivity contribution in [2.45, 2.75) is 32.6 Å². The third kappa shape index (κ3) is 2.73. The Labute approximate surface area is 145 Å². The van der Waals surface area contributed by atoms with Gasteiger partial charge in [0, 0.05) is 19.0 Å². The second-order valence-electron chi connectivity index (χ2n) is 6.44. The highest BCUT2D eigenvalue weighted by Crippen LogP contribution is 2.33. The van der Waals surface area contributed by atoms with E-state index >= 15 is 0 Å². The van der Waals surface area contributed by atoms with E-state index in [0.717, 1.165) is 42.2 Å². The Morgan fingerprint density at radius 3 is 2.92 bits per heavy atom. The first-order valence-corrected chi connectivity index (χ1v) is 9.15. The fourth-order valence-corrected chi connectivity index (χ4v) is 4.53. The summed E-state index contributed by atoms with van der Waals surface area (Å²) in [5.74, 6) is 1.90. The van der Waals surface area contributed by atoms with Crippen molar-refractivity contribution in [1.82, 2.24) is 9.88 Å². The minimum absolute atomic E-state index is 0.0789. The topological polar surface area (TPSA) is 46.3 Å². The maximum absolute atomic E-state index is 12.8. The Bertz CT molecular complexity index is 863. The lowest BCUT2D eigenvalue weighted by molar-refractivity contribution is 0.0705. The zero-order valence-electron chi connectivity index (χ0n) is 13.9. The Balaban J connectivity index is 1.57. The van der Waals surface area contributed by atoms with Crippen molar-refractivity contribution >= 4 is 27.5 Å². The zero-order valence-corrected chi connectivity index (χ0v) is 14.7. The number of rotatable bonds is 2. The fourth-order valence-electron chi connectivity index (χ4n) is 3.44. The predicted octanol–water partition coefficient (Wildman–Crippen LogP) is 4.53. The zero-order chi connectivity index (χ0) is 16.7. The van der Waals surface area contributed by atoms with Crippen LogP contribution in [0.5, 0.6) is 0 Å². The molecule has 0 N–H and O–H groups in total. The van der Waals surface area contributed by atoms with Crippen LogP contribution < -0.4 is 0 Å². The summed E-state index contributed by atoms with van der Waals surface area (Å²) in [5.41, 5.74) is 1.75. The molecule has 0 saturated carbocycles. The molecule has 1 atom stereocenters. The second-order valence-corrected chi connectivity index (χ2v) is 7.50. The minimum atomic E-state index is 0.0789. The Morgan fingerprint density at radius 2 is 2.17 bits per heavy atom. The van der Waals surface area contributed by atoms with E-state index < -0.39 is 0 Å². The number of nitrogens with zero attached hydrogens (tertiary/aromatic N) is 2. The highest BCUT2D eigenvalue weighted by atomic mass is 32.1. The average Bonchev–Trinajstić information content (AvgIpc) is 3.17. The number of carbonyl (C=O) groups is 1. The van der Waals surface area contributed by atoms with E-state index in [-0.39, 0.29) is 5.91 Å². The quantitative estimate of drug-likeness (QED) is 0.689. The third-order valence-corrected chi connectivity index (χ3v) is 5.84. The number of furan rings is 1. The number of hydrogen-bond acceptors (Lipinski definition) is 4. The second kappa shape index (κ2) is 6.06. The molecule has 4 rings (SSSR count). The fraction of sp³-hybridized carbons (Fsp3) is 0.368. The van der Waals surface area contributed by atoms with Crippen LogP contribution in [0.4, 0.5) is 0 Å². The van der Waals surface area contributed by atoms with Crippen LogP contribution in [-0.2, 0) is 0 Å². The van der Waals surface area contributed by atoms with E-state index in [2.05, 4.69) is 12.1 Å². The lowest BCUT2D eigenvalue weighted by Gasteiger charge is -2.31. The number of carbonyl (C=O) groups excluding carboxylic acids is 1. The average molecular weight is 340 g/mol. The number of thiazole rings is 1. The van der Waals surface area contributed by atoms with Crippen LogP contribution in [0.1, 0.15) is 45.6 Å². The van der Waals surface area contributed by atoms with E-state index in [1.54, 1.807) is 11.3 Å². The van der Waals surface area contributed by atoms with E-state index in [1.807, 2.05) is 36.9 Å². The monoisotopic (exact) mass is 340 g/mol. The maximum atomic E-state index is 12.8. The molecule has 1 fully saturated rings. The van der Waals surface area contributed by atoms with Crippen molar-refractivity contribution in [3.8, 4) is 0 Å². The van der Waals surface area contributed by atoms with Crippen LogP contribution in [0.3, 0.4) is 0 Å². The molecule has 0 spiro atoms. The number of amides is 1. The summed E-state index contributed by atoms with van der Waals surface area (Å²) < 4.78 is 6.74. The van der Waals surface area contributed by atoms with Gasteiger partial charge in [-0.25, -0.2) is 4.98 Å². The molecule has 3 heterocycles. The van der Waals surface area contributed by atoms with Gasteiger partial charge in [0.2, 0.25) is 0 Å². The van der Waals surface area contributed by atoms with Gasteiger partial charge >= 0.3 is 0 Å². The summed E-state index contributed by atoms with van der Waals surface area (Å²) in [5, 5.41) is 1.15. The van der Waals surface area contributed by atoms with Gasteiger partial charge in [-0.05, 0) is 44.9 Å². The van der Waals surface area contributed by atoms with E-state index in [4.69, 9.17) is 9.40 Å². The minimum Gasteiger partial charge on any atom is -0.466 e. The number of aromatic nitrogens is 1. The molecule has 1 aliphatic rings. The number of hydrogen-bond donors (Lipinski definition) is 0. The number of benzene rings is 1. The molecule has 1 aliphatic heterocycles. The molecule has 124 valence electrons. The molecular formula is C19H20N2O2S. The van der Waals surface area contributed by atoms with Crippen LogP contribution in [-0.4, -0.2) is 28.9 Å². The maximum Gasteiger partial charge on any atom is 0.257 e. The predicted molar refractivity (Wildman–Crippen MR) is 95.7 cm³/mol. The number of fused-ring (bicyclic) bond motifs is 1. The van der Waals surface area contributed by atoms with Crippen LogP contribution in [0, 0.1) is 13.8 Å². The van der Waals surface area contributed by atoms with E-state index in [9.17, 15) is 4.79 Å². The molecule has 0 unspecified atom stereocenters. The first-order valence-electron chi connectivity index (χ1n) is 8.33. The van der Waals surface area contributed by atoms with Gasteiger partial charge in [-0.2, -0.15) is 0 Å². The molecular weight excluding hydrogens is 320 g/mol. The molecule has 24 heavy (non-hydrogen) atoms. The van der Waals surface area contributed by atoms with Crippen LogP contribution in [0.2, 0.25) is 0 Å². The molecule has 4 nitrogen and oxygen atoms in total. The standard InChI is InChI=1S/C19H20N2O2S/c1-12-10-15(13(2)23-12)19(22)21-9-5-6-14(11-21)18-20-16-7-3-4-8-17(16)24-18/h3-4,7-8,10,14H,5-6,9,11H2,1-2H3/t14-/m1/s1. The van der Waals surface area contributed by atoms with Crippen molar-refractivity contribution < 1.29 is 9.21 Å². The van der Waals surface area contributed by atoms with Gasteiger partial charge in [-0.1, -0.05) is 12.1 Å². The molecule has 0 bridgehead atoms. The summed E-state index contributed by atoms with van der Waals surface area (Å²) in [6.07, 6.45) is 2.11. The summed E-state index contributed by atoms with van der Waals surface area (Å²) in [7, 11) is 0. The summed E-state index contributed by atoms with van der Waals surface area (Å²) in [6.45, 7) is 5.28. The summed E-state index contributed by atoms with van der Waals surface area (Å²) in [6, 6.07) is 10.1. The lowest BCUT2D eigenvalue weighted by Crippen LogP contribution is -2.39. The molecule has 2 aromatic heterocycles. The number of piperidine rings is 1. The first-order chi connectivity index (χ1) is 11.6. The molecule has 3 aromatic rings. The molecule has 1 aromatic carbocycles. The number of likely N-dealkylation sites (tertiary alicyclic amines) is 1. The van der Waals surface area contributed by atoms with Gasteiger partial charge < -0.3 is 9.32 Å². The third-order valence-electron chi connectivity index (χ3n) is 4.64. The van der Waals surface area contributed by atoms with Crippen molar-refractivity contribution in [1.29, 1.82) is 0 Å². The Morgan fingerprint density at radius 1 is 1.33 bits per heavy atom. The Kier molecular flexibility index (Phi) is 3.88. The molecule has 5 heteroatoms. The highest BCUT2D eigenvalue weighted by molar-refractivity contribution is 7.18. The van der Waals surface area contributed by atoms with E-state index in [1.165, 1.54) is 4.70 Å². The molecule has 1 amide bonds. The van der Waals surface area contributed by atoms with Crippen molar-refractivity contribution in [2.75, 3.05) is 13.1 Å². The Hall–Kier alpha value is -2.14. The number of para-hydroxylation sites is 1. The smallest absolute Gasteiger partial charge is 0.257 e. The van der Waals surface area contributed by atoms with Crippen LogP contribution >= 0.6 is 11.3 Å². The molecule has 1 saturated heterocycles. The summed E-state index contributed by atoms with van der Waals surface area (Å²) >= 11 is 1.75. The van der Waals surface area contributed by atoms with Gasteiger partial charge in [0.05, 0.1) is 20.8 Å². The first kappa shape index (κ1) is 15.4. The van der Waals surface area contributed by atoms with Gasteiger partial charge in [-0.3, -0.25) is 4.79 Å². The van der Waals surface area contributed by atoms with Gasteiger partial charge in [0.1, 0.15) is 11.5 Å². The summed E-state index contributed by atoms with van der Waals surface area (Å²) in [4.78, 5) is 19.6. The number of aryl methyl sites for hydroxylation is 2. The van der Waals surface area contributed by atoms with Crippen LogP contribution in [0.25, 0.3) is 10.2 Å². The normalized spacial score (nSPS) is 18.2. The van der Waals surface area contributed by atoms with Crippen molar-refractivity contribution in [3.63, 3.8) is 0 Å². The highest BCUT2D eigenvalue weighted by Gasteiger charge is 2.29. The van der Waals surface area contributed by atoms with Crippen molar-refractivity contribution in [3.05, 3.63) is 52.4 Å². The molecule has 0 aliphatic carbocycles. The van der Waals surface area contributed by atoms with E-state index in [0.29, 0.717) is 17.2 Å². The largest absolute Gasteiger partial charge is 0.466 e.